The molecule has 3 N–H and O–H groups in total. The van der Waals surface area contributed by atoms with Crippen molar-refractivity contribution >= 4 is 11.6 Å². The summed E-state index contributed by atoms with van der Waals surface area (Å²) in [7, 11) is 0. The molecule has 3 heteroatoms. The van der Waals surface area contributed by atoms with Crippen LogP contribution in [0.5, 0.6) is 0 Å². The number of hydrogen-bond acceptors (Lipinski definition) is 2. The Balaban J connectivity index is 1.91. The van der Waals surface area contributed by atoms with E-state index in [4.69, 9.17) is 0 Å². The molecule has 25 heavy (non-hydrogen) atoms. The Morgan fingerprint density at radius 1 is 1.04 bits per heavy atom. The molecule has 1 aromatic carbocycles. The molecule has 0 atom stereocenters. The summed E-state index contributed by atoms with van der Waals surface area (Å²) in [4.78, 5) is 26.0. The van der Waals surface area contributed by atoms with Gasteiger partial charge >= 0.3 is 0 Å². The molecule has 0 unspecified atom stereocenters. The van der Waals surface area contributed by atoms with Gasteiger partial charge in [-0.05, 0) is 80.7 Å². The molecule has 2 aliphatic rings. The minimum atomic E-state index is -0.577. The highest BCUT2D eigenvalue weighted by molar-refractivity contribution is 6.10. The van der Waals surface area contributed by atoms with E-state index in [0.717, 1.165) is 47.9 Å². The van der Waals surface area contributed by atoms with Gasteiger partial charge in [0, 0.05) is 18.4 Å². The van der Waals surface area contributed by atoms with Gasteiger partial charge in [0.2, 0.25) is 0 Å². The summed E-state index contributed by atoms with van der Waals surface area (Å²) in [6.45, 7) is 5.79. The number of Topliss-reactive ketones (excluding diaryl/α,β-unsaturated/α-hetero) is 2. The first kappa shape index (κ1) is 17.9. The van der Waals surface area contributed by atoms with E-state index >= 15 is 0 Å². The van der Waals surface area contributed by atoms with E-state index in [0.29, 0.717) is 18.9 Å². The van der Waals surface area contributed by atoms with Crippen molar-refractivity contribution in [1.29, 1.82) is 0 Å². The lowest BCUT2D eigenvalue weighted by Gasteiger charge is -2.42. The lowest BCUT2D eigenvalue weighted by atomic mass is 9.60. The van der Waals surface area contributed by atoms with Gasteiger partial charge in [0.05, 0.1) is 6.04 Å². The van der Waals surface area contributed by atoms with Gasteiger partial charge in [0.25, 0.3) is 0 Å². The first-order valence-electron chi connectivity index (χ1n) is 9.28. The van der Waals surface area contributed by atoms with E-state index in [1.807, 2.05) is 32.9 Å². The Kier molecular flexibility index (Phi) is 4.84. The smallest absolute Gasteiger partial charge is 0.148 e. The van der Waals surface area contributed by atoms with Gasteiger partial charge in [-0.2, -0.15) is 0 Å². The van der Waals surface area contributed by atoms with Gasteiger partial charge in [-0.1, -0.05) is 5.92 Å². The maximum atomic E-state index is 13.0. The summed E-state index contributed by atoms with van der Waals surface area (Å²) in [5, 5.41) is 0. The number of hydrogen-bond donors (Lipinski definition) is 1. The second-order valence-electron chi connectivity index (χ2n) is 8.06. The van der Waals surface area contributed by atoms with Gasteiger partial charge in [-0.25, -0.2) is 0 Å². The zero-order valence-electron chi connectivity index (χ0n) is 15.6. The molecule has 2 saturated carbocycles. The topological polar surface area (TPSA) is 61.8 Å². The maximum absolute atomic E-state index is 13.0. The molecule has 3 nitrogen and oxygen atoms in total. The highest BCUT2D eigenvalue weighted by Gasteiger charge is 2.47. The van der Waals surface area contributed by atoms with Crippen LogP contribution in [0.25, 0.3) is 0 Å². The minimum Gasteiger partial charge on any atom is -0.355 e. The van der Waals surface area contributed by atoms with Crippen LogP contribution in [0.2, 0.25) is 0 Å². The molecule has 0 aromatic heterocycles. The first-order valence-corrected chi connectivity index (χ1v) is 9.28. The Labute approximate surface area is 150 Å². The summed E-state index contributed by atoms with van der Waals surface area (Å²) in [5.41, 5.74) is 7.92. The third-order valence-corrected chi connectivity index (χ3v) is 6.06. The van der Waals surface area contributed by atoms with E-state index in [1.165, 1.54) is 0 Å². The molecule has 0 bridgehead atoms. The van der Waals surface area contributed by atoms with Crippen LogP contribution in [0.4, 0.5) is 0 Å². The first-order chi connectivity index (χ1) is 11.8. The Morgan fingerprint density at radius 2 is 1.56 bits per heavy atom. The third kappa shape index (κ3) is 3.41. The van der Waals surface area contributed by atoms with E-state index in [9.17, 15) is 9.59 Å². The Hall–Kier alpha value is -1.92. The molecule has 2 fully saturated rings. The number of quaternary nitrogens is 1. The number of benzene rings is 1. The van der Waals surface area contributed by atoms with E-state index in [1.54, 1.807) is 0 Å². The Morgan fingerprint density at radius 3 is 2.04 bits per heavy atom. The summed E-state index contributed by atoms with van der Waals surface area (Å²) < 4.78 is 0. The van der Waals surface area contributed by atoms with E-state index in [2.05, 4.69) is 17.6 Å². The van der Waals surface area contributed by atoms with E-state index < -0.39 is 5.92 Å². The van der Waals surface area contributed by atoms with Crippen molar-refractivity contribution < 1.29 is 15.3 Å². The van der Waals surface area contributed by atoms with Crippen LogP contribution in [-0.2, 0) is 9.59 Å². The molecule has 2 aliphatic carbocycles. The Bertz CT molecular complexity index is 730. The highest BCUT2D eigenvalue weighted by Crippen LogP contribution is 2.48. The van der Waals surface area contributed by atoms with Gasteiger partial charge in [0.15, 0.2) is 0 Å². The average Bonchev–Trinajstić information content (AvgIpc) is 2.53. The van der Waals surface area contributed by atoms with Crippen LogP contribution in [0.3, 0.4) is 0 Å². The van der Waals surface area contributed by atoms with Crippen molar-refractivity contribution in [1.82, 2.24) is 0 Å². The standard InChI is InChI=1S/C22H27NO2/c1-4-5-16-10-14(2)20(15(3)11-16)21-18(24)12-22(13-19(21)25)8-6-17(23)7-9-22/h10-11,17,21H,6-9,12-13,23H2,1-3H3/p+1. The van der Waals surface area contributed by atoms with Crippen LogP contribution < -0.4 is 5.73 Å². The molecule has 1 aromatic rings. The molecule has 3 rings (SSSR count). The quantitative estimate of drug-likeness (QED) is 0.632. The number of ketones is 2. The molecular weight excluding hydrogens is 310 g/mol. The van der Waals surface area contributed by atoms with Crippen molar-refractivity contribution in [3.8, 4) is 11.8 Å². The maximum Gasteiger partial charge on any atom is 0.148 e. The lowest BCUT2D eigenvalue weighted by Crippen LogP contribution is -2.63. The fraction of sp³-hybridized carbons (Fsp3) is 0.545. The van der Waals surface area contributed by atoms with Gasteiger partial charge in [0.1, 0.15) is 17.5 Å². The van der Waals surface area contributed by atoms with Crippen molar-refractivity contribution in [3.05, 3.63) is 34.4 Å². The number of carbonyl (C=O) groups excluding carboxylic acids is 2. The van der Waals surface area contributed by atoms with Crippen LogP contribution in [0, 0.1) is 31.1 Å². The minimum absolute atomic E-state index is 0.0890. The van der Waals surface area contributed by atoms with Crippen LogP contribution in [-0.4, -0.2) is 17.6 Å². The zero-order valence-corrected chi connectivity index (χ0v) is 15.6. The predicted octanol–water partition coefficient (Wildman–Crippen LogP) is 2.86. The van der Waals surface area contributed by atoms with Gasteiger partial charge in [-0.15, -0.1) is 5.92 Å². The van der Waals surface area contributed by atoms with Crippen molar-refractivity contribution in [3.63, 3.8) is 0 Å². The fourth-order valence-corrected chi connectivity index (χ4v) is 4.80. The normalized spacial score (nSPS) is 29.4. The number of carbonyl (C=O) groups is 2. The van der Waals surface area contributed by atoms with E-state index in [-0.39, 0.29) is 17.0 Å². The SMILES string of the molecule is CC#Cc1cc(C)c(C2C(=O)CC3(CCC([NH3+])CC3)CC2=O)c(C)c1. The van der Waals surface area contributed by atoms with Crippen LogP contribution >= 0.6 is 0 Å². The van der Waals surface area contributed by atoms with Crippen LogP contribution in [0.15, 0.2) is 12.1 Å². The largest absolute Gasteiger partial charge is 0.355 e. The number of aryl methyl sites for hydroxylation is 2. The molecule has 0 aliphatic heterocycles. The summed E-state index contributed by atoms with van der Waals surface area (Å²) in [6.07, 6.45) is 5.10. The zero-order chi connectivity index (χ0) is 18.2. The second-order valence-corrected chi connectivity index (χ2v) is 8.06. The monoisotopic (exact) mass is 338 g/mol. The molecular formula is C22H28NO2+. The molecule has 0 radical (unpaired) electrons. The van der Waals surface area contributed by atoms with Crippen LogP contribution in [0.1, 0.15) is 73.6 Å². The molecule has 1 spiro atoms. The van der Waals surface area contributed by atoms with Crippen molar-refractivity contribution in [2.24, 2.45) is 5.41 Å². The second kappa shape index (κ2) is 6.77. The third-order valence-electron chi connectivity index (χ3n) is 6.06. The number of rotatable bonds is 1. The molecule has 0 heterocycles. The predicted molar refractivity (Wildman–Crippen MR) is 98.0 cm³/mol. The fourth-order valence-electron chi connectivity index (χ4n) is 4.80. The van der Waals surface area contributed by atoms with Crippen molar-refractivity contribution in [2.45, 2.75) is 71.3 Å². The highest BCUT2D eigenvalue weighted by atomic mass is 16.2. The average molecular weight is 338 g/mol. The summed E-state index contributed by atoms with van der Waals surface area (Å²) >= 11 is 0. The molecule has 132 valence electrons. The summed E-state index contributed by atoms with van der Waals surface area (Å²) in [6, 6.07) is 4.47. The van der Waals surface area contributed by atoms with Crippen molar-refractivity contribution in [2.75, 3.05) is 0 Å². The molecule has 0 amide bonds. The van der Waals surface area contributed by atoms with Gasteiger partial charge in [-0.3, -0.25) is 9.59 Å². The summed E-state index contributed by atoms with van der Waals surface area (Å²) in [5.74, 6) is 5.62. The van der Waals surface area contributed by atoms with Gasteiger partial charge < -0.3 is 5.73 Å². The molecule has 0 saturated heterocycles. The lowest BCUT2D eigenvalue weighted by molar-refractivity contribution is -0.428.